The van der Waals surface area contributed by atoms with Crippen LogP contribution in [0.4, 0.5) is 0 Å². The maximum Gasteiger partial charge on any atom is 0.352 e. The van der Waals surface area contributed by atoms with Gasteiger partial charge in [-0.15, -0.1) is 11.8 Å². The second kappa shape index (κ2) is 13.5. The Morgan fingerprint density at radius 3 is 2.66 bits per heavy atom. The summed E-state index contributed by atoms with van der Waals surface area (Å²) in [5, 5.41) is 18.8. The summed E-state index contributed by atoms with van der Waals surface area (Å²) >= 11 is 8.67. The molecule has 0 spiro atoms. The van der Waals surface area contributed by atoms with E-state index in [1.165, 1.54) is 0 Å². The molecule has 0 aliphatic carbocycles. The summed E-state index contributed by atoms with van der Waals surface area (Å²) in [5.41, 5.74) is 13.4. The Morgan fingerprint density at radius 1 is 1.11 bits per heavy atom. The number of benzene rings is 3. The number of thioether (sulfide) groups is 1. The van der Waals surface area contributed by atoms with Crippen LogP contribution in [0.5, 0.6) is 5.75 Å². The molecule has 2 aromatic heterocycles. The highest BCUT2D eigenvalue weighted by atomic mass is 35.5. The quantitative estimate of drug-likeness (QED) is 0.196. The number of fused-ring (bicyclic) bond motifs is 6. The van der Waals surface area contributed by atoms with Crippen LogP contribution in [0, 0.1) is 13.8 Å². The summed E-state index contributed by atoms with van der Waals surface area (Å²) in [4.78, 5) is 20.4. The van der Waals surface area contributed by atoms with Gasteiger partial charge in [0.2, 0.25) is 0 Å². The Bertz CT molecular complexity index is 2080. The van der Waals surface area contributed by atoms with Gasteiger partial charge in [-0.2, -0.15) is 5.10 Å². The molecule has 0 atom stereocenters. The van der Waals surface area contributed by atoms with Crippen LogP contribution in [0.25, 0.3) is 32.8 Å². The monoisotopic (exact) mass is 670 g/mol. The number of aliphatic imine (C=N–C) groups is 1. The fraction of sp³-hybridized carbons (Fsp3) is 0.306. The molecule has 9 nitrogen and oxygen atoms in total. The standard InChI is InChI=1S/C36H39ClN6O3S/c1-21-32-30-12-11-28(37)34(32)33-22(2)42(5)40-29(33)19-41(4)18-24(38)16-25(39-3)20-47-26-15-23-9-6-7-10-27(23)31(17-26)46-14-8-13-43(30)35(21)36(44)45/h6-7,9-12,15-17H,8,13-14,18-20,38H2,1-5H3,(H,44,45). The number of nitrogens with two attached hydrogens (primary N) is 1. The SMILES string of the molecule is CN=C1C=C(N)CN(C)Cc2nn(C)c(C)c2-c2c(Cl)ccc3c2c(C)c(C(=O)O)n3CCCOc2cc(cc3ccccc23)SC1. The van der Waals surface area contributed by atoms with E-state index in [2.05, 4.69) is 34.2 Å². The van der Waals surface area contributed by atoms with Gasteiger partial charge in [0.05, 0.1) is 12.3 Å². The number of nitrogens with zero attached hydrogens (tertiary/aromatic N) is 5. The second-order valence-electron chi connectivity index (χ2n) is 12.0. The predicted octanol–water partition coefficient (Wildman–Crippen LogP) is 7.08. The number of ether oxygens (including phenoxy) is 1. The lowest BCUT2D eigenvalue weighted by atomic mass is 9.96. The van der Waals surface area contributed by atoms with E-state index in [9.17, 15) is 9.90 Å². The lowest BCUT2D eigenvalue weighted by Gasteiger charge is -2.18. The van der Waals surface area contributed by atoms with Crippen molar-refractivity contribution in [3.8, 4) is 16.9 Å². The molecule has 0 saturated heterocycles. The molecule has 3 N–H and O–H groups in total. The molecule has 0 saturated carbocycles. The number of aromatic carboxylic acids is 1. The van der Waals surface area contributed by atoms with E-state index in [1.54, 1.807) is 18.8 Å². The van der Waals surface area contributed by atoms with Gasteiger partial charge in [-0.3, -0.25) is 14.6 Å². The van der Waals surface area contributed by atoms with Crippen LogP contribution in [0.2, 0.25) is 5.02 Å². The van der Waals surface area contributed by atoms with Gasteiger partial charge in [0, 0.05) is 93.9 Å². The highest BCUT2D eigenvalue weighted by Gasteiger charge is 2.27. The predicted molar refractivity (Wildman–Crippen MR) is 192 cm³/mol. The number of likely N-dealkylation sites (N-methyl/N-ethyl adjacent to an activating group) is 1. The van der Waals surface area contributed by atoms with Gasteiger partial charge < -0.3 is 20.1 Å². The molecule has 0 fully saturated rings. The van der Waals surface area contributed by atoms with Crippen molar-refractivity contribution < 1.29 is 14.6 Å². The van der Waals surface area contributed by atoms with Crippen molar-refractivity contribution in [2.75, 3.05) is 33.0 Å². The number of carbonyl (C=O) groups is 1. The van der Waals surface area contributed by atoms with E-state index >= 15 is 0 Å². The number of rotatable bonds is 1. The number of hydrogen-bond donors (Lipinski definition) is 2. The number of carboxylic acid groups (broad SMARTS) is 1. The zero-order chi connectivity index (χ0) is 33.4. The third kappa shape index (κ3) is 6.37. The molecule has 47 heavy (non-hydrogen) atoms. The summed E-state index contributed by atoms with van der Waals surface area (Å²) in [6, 6.07) is 16.2. The Balaban J connectivity index is 1.50. The van der Waals surface area contributed by atoms with Crippen molar-refractivity contribution in [2.45, 2.75) is 38.3 Å². The molecular weight excluding hydrogens is 632 g/mol. The van der Waals surface area contributed by atoms with Gasteiger partial charge in [0.1, 0.15) is 11.4 Å². The van der Waals surface area contributed by atoms with Crippen LogP contribution in [0.15, 0.2) is 70.2 Å². The Morgan fingerprint density at radius 2 is 1.89 bits per heavy atom. The van der Waals surface area contributed by atoms with Crippen molar-refractivity contribution >= 4 is 56.7 Å². The Labute approximate surface area is 283 Å². The minimum absolute atomic E-state index is 0.251. The minimum atomic E-state index is -0.980. The van der Waals surface area contributed by atoms with Crippen LogP contribution in [-0.4, -0.2) is 69.0 Å². The summed E-state index contributed by atoms with van der Waals surface area (Å²) in [6.45, 7) is 5.76. The zero-order valence-electron chi connectivity index (χ0n) is 27.3. The first-order valence-corrected chi connectivity index (χ1v) is 16.9. The lowest BCUT2D eigenvalue weighted by Crippen LogP contribution is -2.25. The average Bonchev–Trinajstić information content (AvgIpc) is 3.47. The molecule has 11 heteroatoms. The van der Waals surface area contributed by atoms with Gasteiger partial charge in [0.15, 0.2) is 0 Å². The minimum Gasteiger partial charge on any atom is -0.493 e. The summed E-state index contributed by atoms with van der Waals surface area (Å²) < 4.78 is 10.1. The topological polar surface area (TPSA) is 111 Å². The Hall–Kier alpha value is -4.25. The summed E-state index contributed by atoms with van der Waals surface area (Å²) in [6.07, 6.45) is 2.55. The van der Waals surface area contributed by atoms with Crippen LogP contribution in [0.1, 0.15) is 33.9 Å². The van der Waals surface area contributed by atoms with E-state index in [4.69, 9.17) is 27.2 Å². The van der Waals surface area contributed by atoms with E-state index < -0.39 is 5.97 Å². The first kappa shape index (κ1) is 32.7. The maximum atomic E-state index is 12.7. The highest BCUT2D eigenvalue weighted by molar-refractivity contribution is 8.00. The molecule has 244 valence electrons. The normalized spacial score (nSPS) is 16.2. The smallest absolute Gasteiger partial charge is 0.352 e. The summed E-state index contributed by atoms with van der Waals surface area (Å²) in [7, 11) is 5.71. The fourth-order valence-corrected chi connectivity index (χ4v) is 7.72. The van der Waals surface area contributed by atoms with Crippen LogP contribution in [0.3, 0.4) is 0 Å². The van der Waals surface area contributed by atoms with E-state index in [0.29, 0.717) is 54.7 Å². The van der Waals surface area contributed by atoms with Gasteiger partial charge in [-0.25, -0.2) is 4.79 Å². The molecule has 5 aromatic rings. The van der Waals surface area contributed by atoms with E-state index in [0.717, 1.165) is 60.5 Å². The number of carboxylic acids is 1. The van der Waals surface area contributed by atoms with Crippen molar-refractivity contribution in [3.63, 3.8) is 0 Å². The lowest BCUT2D eigenvalue weighted by molar-refractivity contribution is 0.0684. The molecule has 6 rings (SSSR count). The van der Waals surface area contributed by atoms with Gasteiger partial charge in [0.25, 0.3) is 0 Å². The number of aromatic nitrogens is 3. The maximum absolute atomic E-state index is 12.7. The number of aryl methyl sites for hydroxylation is 3. The van der Waals surface area contributed by atoms with Crippen LogP contribution < -0.4 is 10.5 Å². The van der Waals surface area contributed by atoms with Gasteiger partial charge in [-0.1, -0.05) is 35.9 Å². The van der Waals surface area contributed by atoms with Crippen molar-refractivity contribution in [1.82, 2.24) is 19.2 Å². The third-order valence-corrected chi connectivity index (χ3v) is 10.1. The van der Waals surface area contributed by atoms with Crippen molar-refractivity contribution in [3.05, 3.63) is 88.0 Å². The fourth-order valence-electron chi connectivity index (χ4n) is 6.54. The zero-order valence-corrected chi connectivity index (χ0v) is 28.9. The molecule has 0 unspecified atom stereocenters. The molecular formula is C36H39ClN6O3S. The van der Waals surface area contributed by atoms with Crippen molar-refractivity contribution in [1.29, 1.82) is 0 Å². The molecule has 1 aliphatic rings. The van der Waals surface area contributed by atoms with Gasteiger partial charge in [-0.05, 0) is 68.6 Å². The molecule has 3 aromatic carbocycles. The van der Waals surface area contributed by atoms with Crippen LogP contribution >= 0.6 is 23.4 Å². The first-order valence-electron chi connectivity index (χ1n) is 15.5. The highest BCUT2D eigenvalue weighted by Crippen LogP contribution is 2.42. The second-order valence-corrected chi connectivity index (χ2v) is 13.5. The van der Waals surface area contributed by atoms with E-state index in [1.807, 2.05) is 67.5 Å². The van der Waals surface area contributed by atoms with E-state index in [-0.39, 0.29) is 5.69 Å². The average molecular weight is 671 g/mol. The molecule has 1 aliphatic heterocycles. The largest absolute Gasteiger partial charge is 0.493 e. The van der Waals surface area contributed by atoms with Crippen LogP contribution in [-0.2, 0) is 20.1 Å². The third-order valence-electron chi connectivity index (χ3n) is 8.76. The molecule has 6 bridgehead atoms. The van der Waals surface area contributed by atoms with Gasteiger partial charge >= 0.3 is 5.97 Å². The summed E-state index contributed by atoms with van der Waals surface area (Å²) in [5.74, 6) is 0.466. The number of halogens is 1. The molecule has 0 radical (unpaired) electrons. The number of hydrogen-bond acceptors (Lipinski definition) is 7. The first-order chi connectivity index (χ1) is 22.6. The Kier molecular flexibility index (Phi) is 9.36. The van der Waals surface area contributed by atoms with Crippen molar-refractivity contribution in [2.24, 2.45) is 17.8 Å². The molecule has 0 amide bonds. The number of allylic oxidation sites excluding steroid dienone is 1. The molecule has 3 heterocycles.